The van der Waals surface area contributed by atoms with Gasteiger partial charge >= 0.3 is 5.97 Å². The quantitative estimate of drug-likeness (QED) is 0.496. The highest BCUT2D eigenvalue weighted by Crippen LogP contribution is 2.36. The minimum atomic E-state index is -0.804. The van der Waals surface area contributed by atoms with Gasteiger partial charge in [-0.15, -0.1) is 0 Å². The number of nitrogens with zero attached hydrogens (tertiary/aromatic N) is 1. The molecule has 1 aromatic rings. The largest absolute Gasteiger partial charge is 0.507 e. The Morgan fingerprint density at radius 3 is 2.33 bits per heavy atom. The first kappa shape index (κ1) is 14.0. The van der Waals surface area contributed by atoms with Gasteiger partial charge in [-0.25, -0.2) is 4.79 Å². The van der Waals surface area contributed by atoms with Crippen molar-refractivity contribution in [3.8, 4) is 5.75 Å². The summed E-state index contributed by atoms with van der Waals surface area (Å²) in [7, 11) is 1.15. The maximum absolute atomic E-state index is 11.5. The first-order valence-corrected chi connectivity index (χ1v) is 5.28. The van der Waals surface area contributed by atoms with E-state index in [1.807, 2.05) is 0 Å². The molecule has 0 spiro atoms. The Labute approximate surface area is 104 Å². The molecule has 0 saturated heterocycles. The van der Waals surface area contributed by atoms with E-state index in [9.17, 15) is 20.0 Å². The first-order chi connectivity index (χ1) is 8.18. The molecule has 0 amide bonds. The number of benzene rings is 1. The summed E-state index contributed by atoms with van der Waals surface area (Å²) < 4.78 is 4.50. The summed E-state index contributed by atoms with van der Waals surface area (Å²) in [4.78, 5) is 21.7. The van der Waals surface area contributed by atoms with Crippen LogP contribution in [0.3, 0.4) is 0 Å². The molecule has 0 radical (unpaired) electrons. The van der Waals surface area contributed by atoms with E-state index >= 15 is 0 Å². The number of aromatic hydroxyl groups is 1. The van der Waals surface area contributed by atoms with Gasteiger partial charge in [0.25, 0.3) is 5.69 Å². The Morgan fingerprint density at radius 1 is 1.39 bits per heavy atom. The van der Waals surface area contributed by atoms with Crippen LogP contribution in [0.2, 0.25) is 0 Å². The Hall–Kier alpha value is -2.11. The number of phenols is 1. The molecule has 0 fully saturated rings. The molecule has 1 aromatic carbocycles. The molecule has 0 aliphatic heterocycles. The summed E-state index contributed by atoms with van der Waals surface area (Å²) >= 11 is 0. The van der Waals surface area contributed by atoms with E-state index in [0.29, 0.717) is 5.56 Å². The number of rotatable bonds is 2. The highest BCUT2D eigenvalue weighted by molar-refractivity contribution is 5.93. The van der Waals surface area contributed by atoms with Crippen LogP contribution in [0.25, 0.3) is 0 Å². The Bertz CT molecular complexity index is 502. The van der Waals surface area contributed by atoms with Crippen LogP contribution in [-0.2, 0) is 10.2 Å². The van der Waals surface area contributed by atoms with Crippen molar-refractivity contribution in [3.05, 3.63) is 33.4 Å². The van der Waals surface area contributed by atoms with Crippen molar-refractivity contribution in [3.63, 3.8) is 0 Å². The second-order valence-electron chi connectivity index (χ2n) is 4.89. The average molecular weight is 253 g/mol. The standard InChI is InChI=1S/C12H15NO5/c1-12(2,3)9-6-7(13(16)17)5-8(10(9)14)11(15)18-4/h5-6,14H,1-4H3. The first-order valence-electron chi connectivity index (χ1n) is 5.28. The van der Waals surface area contributed by atoms with Crippen LogP contribution >= 0.6 is 0 Å². The van der Waals surface area contributed by atoms with Crippen molar-refractivity contribution in [1.82, 2.24) is 0 Å². The summed E-state index contributed by atoms with van der Waals surface area (Å²) in [5, 5.41) is 20.8. The molecule has 0 aromatic heterocycles. The number of methoxy groups -OCH3 is 1. The van der Waals surface area contributed by atoms with E-state index in [4.69, 9.17) is 0 Å². The molecule has 6 heteroatoms. The lowest BCUT2D eigenvalue weighted by Gasteiger charge is -2.21. The summed E-state index contributed by atoms with van der Waals surface area (Å²) in [6.45, 7) is 5.35. The minimum Gasteiger partial charge on any atom is -0.507 e. The Morgan fingerprint density at radius 2 is 1.94 bits per heavy atom. The molecular formula is C12H15NO5. The molecule has 0 atom stereocenters. The Kier molecular flexibility index (Phi) is 3.59. The average Bonchev–Trinajstić information content (AvgIpc) is 2.26. The fourth-order valence-corrected chi connectivity index (χ4v) is 1.56. The maximum atomic E-state index is 11.5. The SMILES string of the molecule is COC(=O)c1cc([N+](=O)[O-])cc(C(C)(C)C)c1O. The number of hydrogen-bond donors (Lipinski definition) is 1. The molecular weight excluding hydrogens is 238 g/mol. The van der Waals surface area contributed by atoms with Gasteiger partial charge in [0, 0.05) is 17.7 Å². The van der Waals surface area contributed by atoms with Crippen LogP contribution in [0.4, 0.5) is 5.69 Å². The molecule has 1 rings (SSSR count). The van der Waals surface area contributed by atoms with Gasteiger partial charge < -0.3 is 9.84 Å². The van der Waals surface area contributed by atoms with Crippen LogP contribution in [-0.4, -0.2) is 23.1 Å². The van der Waals surface area contributed by atoms with Crippen LogP contribution in [0.5, 0.6) is 5.75 Å². The molecule has 0 aliphatic carbocycles. The van der Waals surface area contributed by atoms with Gasteiger partial charge in [-0.3, -0.25) is 10.1 Å². The van der Waals surface area contributed by atoms with Gasteiger partial charge in [0.2, 0.25) is 0 Å². The van der Waals surface area contributed by atoms with Gasteiger partial charge in [0.05, 0.1) is 12.0 Å². The number of ether oxygens (including phenoxy) is 1. The van der Waals surface area contributed by atoms with Gasteiger partial charge in [-0.2, -0.15) is 0 Å². The number of phenolic OH excluding ortho intramolecular Hbond substituents is 1. The summed E-state index contributed by atoms with van der Waals surface area (Å²) in [5.41, 5.74) is -0.648. The third-order valence-corrected chi connectivity index (χ3v) is 2.52. The molecule has 6 nitrogen and oxygen atoms in total. The monoisotopic (exact) mass is 253 g/mol. The van der Waals surface area contributed by atoms with E-state index in [1.165, 1.54) is 6.07 Å². The number of nitro groups is 1. The summed E-state index contributed by atoms with van der Waals surface area (Å²) in [6, 6.07) is 2.28. The lowest BCUT2D eigenvalue weighted by molar-refractivity contribution is -0.385. The lowest BCUT2D eigenvalue weighted by Crippen LogP contribution is -2.14. The summed E-state index contributed by atoms with van der Waals surface area (Å²) in [5.74, 6) is -1.08. The van der Waals surface area contributed by atoms with E-state index in [2.05, 4.69) is 4.74 Å². The second kappa shape index (κ2) is 4.64. The van der Waals surface area contributed by atoms with E-state index in [0.717, 1.165) is 13.2 Å². The third-order valence-electron chi connectivity index (χ3n) is 2.52. The van der Waals surface area contributed by atoms with Gasteiger partial charge in [-0.1, -0.05) is 20.8 Å². The van der Waals surface area contributed by atoms with Crippen molar-refractivity contribution < 1.29 is 19.6 Å². The van der Waals surface area contributed by atoms with Crippen LogP contribution < -0.4 is 0 Å². The van der Waals surface area contributed by atoms with Crippen molar-refractivity contribution in [2.24, 2.45) is 0 Å². The highest BCUT2D eigenvalue weighted by Gasteiger charge is 2.27. The smallest absolute Gasteiger partial charge is 0.341 e. The van der Waals surface area contributed by atoms with Crippen molar-refractivity contribution in [2.75, 3.05) is 7.11 Å². The van der Waals surface area contributed by atoms with Gasteiger partial charge in [0.1, 0.15) is 11.3 Å². The number of non-ortho nitro benzene ring substituents is 1. The molecule has 0 saturated carbocycles. The topological polar surface area (TPSA) is 89.7 Å². The second-order valence-corrected chi connectivity index (χ2v) is 4.89. The van der Waals surface area contributed by atoms with Crippen LogP contribution in [0.15, 0.2) is 12.1 Å². The minimum absolute atomic E-state index is 0.198. The number of carbonyl (C=O) groups excluding carboxylic acids is 1. The zero-order valence-corrected chi connectivity index (χ0v) is 10.7. The van der Waals surface area contributed by atoms with Crippen molar-refractivity contribution >= 4 is 11.7 Å². The fraction of sp³-hybridized carbons (Fsp3) is 0.417. The predicted octanol–water partition coefficient (Wildman–Crippen LogP) is 2.38. The fourth-order valence-electron chi connectivity index (χ4n) is 1.56. The predicted molar refractivity (Wildman–Crippen MR) is 64.8 cm³/mol. The summed E-state index contributed by atoms with van der Waals surface area (Å²) in [6.07, 6.45) is 0. The van der Waals surface area contributed by atoms with Crippen molar-refractivity contribution in [2.45, 2.75) is 26.2 Å². The normalized spacial score (nSPS) is 11.1. The molecule has 18 heavy (non-hydrogen) atoms. The number of hydrogen-bond acceptors (Lipinski definition) is 5. The maximum Gasteiger partial charge on any atom is 0.341 e. The van der Waals surface area contributed by atoms with E-state index in [1.54, 1.807) is 20.8 Å². The van der Waals surface area contributed by atoms with Crippen LogP contribution in [0, 0.1) is 10.1 Å². The molecule has 98 valence electrons. The molecule has 1 N–H and O–H groups in total. The molecule has 0 aliphatic rings. The molecule has 0 heterocycles. The number of nitro benzene ring substituents is 1. The van der Waals surface area contributed by atoms with Crippen LogP contribution in [0.1, 0.15) is 36.7 Å². The van der Waals surface area contributed by atoms with E-state index in [-0.39, 0.29) is 17.0 Å². The number of esters is 1. The third kappa shape index (κ3) is 2.58. The highest BCUT2D eigenvalue weighted by atomic mass is 16.6. The molecule has 0 bridgehead atoms. The lowest BCUT2D eigenvalue weighted by atomic mass is 9.85. The molecule has 0 unspecified atom stereocenters. The number of carbonyl (C=O) groups is 1. The zero-order valence-electron chi connectivity index (χ0n) is 10.7. The Balaban J connectivity index is 3.58. The van der Waals surface area contributed by atoms with Gasteiger partial charge in [-0.05, 0) is 5.41 Å². The van der Waals surface area contributed by atoms with E-state index < -0.39 is 16.3 Å². The zero-order chi connectivity index (χ0) is 14.1. The van der Waals surface area contributed by atoms with Gasteiger partial charge in [0.15, 0.2) is 0 Å². The van der Waals surface area contributed by atoms with Crippen molar-refractivity contribution in [1.29, 1.82) is 0 Å².